The van der Waals surface area contributed by atoms with Crippen LogP contribution in [0.1, 0.15) is 41.7 Å². The summed E-state index contributed by atoms with van der Waals surface area (Å²) in [6, 6.07) is 3.42. The highest BCUT2D eigenvalue weighted by Gasteiger charge is 2.49. The highest BCUT2D eigenvalue weighted by Crippen LogP contribution is 2.46. The number of carbonyl (C=O) groups excluding carboxylic acids is 1. The highest BCUT2D eigenvalue weighted by atomic mass is 16.6. The fourth-order valence-electron chi connectivity index (χ4n) is 2.88. The molecule has 1 spiro atoms. The summed E-state index contributed by atoms with van der Waals surface area (Å²) in [7, 11) is 0. The first-order valence-electron chi connectivity index (χ1n) is 6.04. The van der Waals surface area contributed by atoms with Gasteiger partial charge in [0.05, 0.1) is 17.2 Å². The second-order valence-electron chi connectivity index (χ2n) is 4.90. The fraction of sp³-hybridized carbons (Fsp3) is 0.462. The van der Waals surface area contributed by atoms with Crippen molar-refractivity contribution < 1.29 is 19.4 Å². The Morgan fingerprint density at radius 1 is 1.44 bits per heavy atom. The van der Waals surface area contributed by atoms with E-state index in [2.05, 4.69) is 4.98 Å². The third kappa shape index (κ3) is 1.50. The smallest absolute Gasteiger partial charge is 0.341 e. The summed E-state index contributed by atoms with van der Waals surface area (Å²) in [5.41, 5.74) is 0.518. The lowest BCUT2D eigenvalue weighted by molar-refractivity contribution is -0.144. The number of carbonyl (C=O) groups is 2. The quantitative estimate of drug-likeness (QED) is 0.764. The number of nitrogens with zero attached hydrogens (tertiary/aromatic N) is 1. The molecule has 0 saturated heterocycles. The predicted molar refractivity (Wildman–Crippen MR) is 60.9 cm³/mol. The lowest BCUT2D eigenvalue weighted by Gasteiger charge is -2.34. The van der Waals surface area contributed by atoms with Crippen LogP contribution in [0.3, 0.4) is 0 Å². The van der Waals surface area contributed by atoms with Gasteiger partial charge in [0.1, 0.15) is 0 Å². The zero-order chi connectivity index (χ0) is 12.8. The van der Waals surface area contributed by atoms with Crippen molar-refractivity contribution in [1.29, 1.82) is 0 Å². The molecule has 5 nitrogen and oxygen atoms in total. The van der Waals surface area contributed by atoms with Crippen molar-refractivity contribution in [2.45, 2.75) is 31.3 Å². The number of aliphatic carboxylic acids is 1. The van der Waals surface area contributed by atoms with Crippen molar-refractivity contribution in [2.24, 2.45) is 5.92 Å². The van der Waals surface area contributed by atoms with Crippen molar-refractivity contribution in [3.63, 3.8) is 0 Å². The molecule has 0 unspecified atom stereocenters. The minimum atomic E-state index is -0.768. The van der Waals surface area contributed by atoms with Gasteiger partial charge in [-0.15, -0.1) is 0 Å². The number of ether oxygens (including phenoxy) is 1. The molecule has 1 aromatic heterocycles. The van der Waals surface area contributed by atoms with Gasteiger partial charge in [-0.3, -0.25) is 9.78 Å². The highest BCUT2D eigenvalue weighted by molar-refractivity contribution is 5.94. The van der Waals surface area contributed by atoms with Gasteiger partial charge in [-0.2, -0.15) is 0 Å². The maximum Gasteiger partial charge on any atom is 0.341 e. The maximum absolute atomic E-state index is 11.8. The van der Waals surface area contributed by atoms with Crippen molar-refractivity contribution in [2.75, 3.05) is 0 Å². The zero-order valence-corrected chi connectivity index (χ0v) is 9.76. The monoisotopic (exact) mass is 247 g/mol. The van der Waals surface area contributed by atoms with Gasteiger partial charge >= 0.3 is 11.9 Å². The van der Waals surface area contributed by atoms with E-state index in [1.807, 2.05) is 0 Å². The molecule has 1 aliphatic carbocycles. The predicted octanol–water partition coefficient (Wildman–Crippen LogP) is 1.72. The molecule has 2 aliphatic rings. The number of aromatic nitrogens is 1. The Bertz CT molecular complexity index is 517. The molecule has 0 bridgehead atoms. The minimum Gasteiger partial charge on any atom is -0.481 e. The third-order valence-electron chi connectivity index (χ3n) is 3.89. The SMILES string of the molecule is O=C1OC2(CCC(C(=O)O)CC2)c2ncccc21. The molecule has 0 atom stereocenters. The molecule has 5 heteroatoms. The molecular formula is C13H13NO4. The number of hydrogen-bond donors (Lipinski definition) is 1. The van der Waals surface area contributed by atoms with Gasteiger partial charge in [0, 0.05) is 6.20 Å². The van der Waals surface area contributed by atoms with Gasteiger partial charge in [0.2, 0.25) is 0 Å². The molecule has 18 heavy (non-hydrogen) atoms. The molecule has 94 valence electrons. The Hall–Kier alpha value is -1.91. The van der Waals surface area contributed by atoms with Crippen molar-refractivity contribution in [1.82, 2.24) is 4.98 Å². The Morgan fingerprint density at radius 2 is 2.17 bits per heavy atom. The van der Waals surface area contributed by atoms with Gasteiger partial charge in [0.15, 0.2) is 5.60 Å². The van der Waals surface area contributed by atoms with E-state index in [0.717, 1.165) is 0 Å². The van der Waals surface area contributed by atoms with Crippen LogP contribution < -0.4 is 0 Å². The number of fused-ring (bicyclic) bond motifs is 2. The standard InChI is InChI=1S/C13H13NO4/c15-11(16)8-3-5-13(6-4-8)10-9(12(17)18-13)2-1-7-14-10/h1-2,7-8H,3-6H2,(H,15,16). The Balaban J connectivity index is 1.91. The molecule has 3 rings (SSSR count). The van der Waals surface area contributed by atoms with Crippen LogP contribution in [-0.4, -0.2) is 22.0 Å². The first-order valence-corrected chi connectivity index (χ1v) is 6.04. The Labute approximate surface area is 104 Å². The molecule has 1 aromatic rings. The largest absolute Gasteiger partial charge is 0.481 e. The fourth-order valence-corrected chi connectivity index (χ4v) is 2.88. The number of hydrogen-bond acceptors (Lipinski definition) is 4. The van der Waals surface area contributed by atoms with Crippen molar-refractivity contribution >= 4 is 11.9 Å². The lowest BCUT2D eigenvalue weighted by atomic mass is 9.77. The Morgan fingerprint density at radius 3 is 2.83 bits per heavy atom. The van der Waals surface area contributed by atoms with Crippen molar-refractivity contribution in [3.05, 3.63) is 29.6 Å². The number of pyridine rings is 1. The molecular weight excluding hydrogens is 234 g/mol. The second-order valence-corrected chi connectivity index (χ2v) is 4.90. The number of carboxylic acid groups (broad SMARTS) is 1. The molecule has 0 radical (unpaired) electrons. The molecule has 1 fully saturated rings. The summed E-state index contributed by atoms with van der Waals surface area (Å²) in [6.07, 6.45) is 3.78. The Kier molecular flexibility index (Phi) is 2.36. The van der Waals surface area contributed by atoms with Crippen molar-refractivity contribution in [3.8, 4) is 0 Å². The summed E-state index contributed by atoms with van der Waals surface area (Å²) in [4.78, 5) is 27.0. The summed E-state index contributed by atoms with van der Waals surface area (Å²) in [5, 5.41) is 8.99. The maximum atomic E-state index is 11.8. The van der Waals surface area contributed by atoms with E-state index in [1.54, 1.807) is 18.3 Å². The summed E-state index contributed by atoms with van der Waals surface area (Å²) >= 11 is 0. The van der Waals surface area contributed by atoms with E-state index in [1.165, 1.54) is 0 Å². The normalized spacial score (nSPS) is 30.0. The third-order valence-corrected chi connectivity index (χ3v) is 3.89. The number of esters is 1. The summed E-state index contributed by atoms with van der Waals surface area (Å²) in [6.45, 7) is 0. The first-order chi connectivity index (χ1) is 8.62. The van der Waals surface area contributed by atoms with Crippen LogP contribution in [0, 0.1) is 5.92 Å². The lowest BCUT2D eigenvalue weighted by Crippen LogP contribution is -2.34. The van der Waals surface area contributed by atoms with Gasteiger partial charge in [-0.1, -0.05) is 0 Å². The first kappa shape index (κ1) is 11.2. The van der Waals surface area contributed by atoms with E-state index >= 15 is 0 Å². The average Bonchev–Trinajstić information content (AvgIpc) is 2.64. The van der Waals surface area contributed by atoms with E-state index in [-0.39, 0.29) is 11.9 Å². The molecule has 1 saturated carbocycles. The number of carboxylic acids is 1. The summed E-state index contributed by atoms with van der Waals surface area (Å²) in [5.74, 6) is -1.44. The van der Waals surface area contributed by atoms with Gasteiger partial charge in [0.25, 0.3) is 0 Å². The van der Waals surface area contributed by atoms with Crippen LogP contribution in [0.25, 0.3) is 0 Å². The van der Waals surface area contributed by atoms with E-state index in [9.17, 15) is 9.59 Å². The zero-order valence-electron chi connectivity index (χ0n) is 9.76. The van der Waals surface area contributed by atoms with Crippen LogP contribution in [0.2, 0.25) is 0 Å². The molecule has 2 heterocycles. The van der Waals surface area contributed by atoms with Crippen LogP contribution >= 0.6 is 0 Å². The number of rotatable bonds is 1. The van der Waals surface area contributed by atoms with Crippen LogP contribution in [0.5, 0.6) is 0 Å². The van der Waals surface area contributed by atoms with Crippen LogP contribution in [0.4, 0.5) is 0 Å². The minimum absolute atomic E-state index is 0.331. The molecule has 1 aliphatic heterocycles. The van der Waals surface area contributed by atoms with E-state index in [0.29, 0.717) is 36.9 Å². The average molecular weight is 247 g/mol. The van der Waals surface area contributed by atoms with E-state index < -0.39 is 11.6 Å². The van der Waals surface area contributed by atoms with Crippen LogP contribution in [-0.2, 0) is 15.1 Å². The topological polar surface area (TPSA) is 76.5 Å². The molecule has 0 amide bonds. The second kappa shape index (κ2) is 3.80. The molecule has 1 N–H and O–H groups in total. The molecule has 0 aromatic carbocycles. The van der Waals surface area contributed by atoms with Gasteiger partial charge in [-0.25, -0.2) is 4.79 Å². The summed E-state index contributed by atoms with van der Waals surface area (Å²) < 4.78 is 5.49. The van der Waals surface area contributed by atoms with Gasteiger partial charge in [-0.05, 0) is 37.8 Å². The van der Waals surface area contributed by atoms with Crippen LogP contribution in [0.15, 0.2) is 18.3 Å². The van der Waals surface area contributed by atoms with Gasteiger partial charge < -0.3 is 9.84 Å². The van der Waals surface area contributed by atoms with E-state index in [4.69, 9.17) is 9.84 Å².